The van der Waals surface area contributed by atoms with Gasteiger partial charge in [-0.15, -0.1) is 0 Å². The lowest BCUT2D eigenvalue weighted by molar-refractivity contribution is -0.137. The molecule has 0 aliphatic heterocycles. The van der Waals surface area contributed by atoms with Gasteiger partial charge in [-0.05, 0) is 55.8 Å². The average Bonchev–Trinajstić information content (AvgIpc) is 2.78. The molecule has 2 amide bonds. The predicted molar refractivity (Wildman–Crippen MR) is 120 cm³/mol. The van der Waals surface area contributed by atoms with Crippen LogP contribution < -0.4 is 21.9 Å². The lowest BCUT2D eigenvalue weighted by Crippen LogP contribution is -2.31. The van der Waals surface area contributed by atoms with Crippen LogP contribution >= 0.6 is 0 Å². The number of hydrogen-bond donors (Lipinski definition) is 3. The maximum atomic E-state index is 15.0. The van der Waals surface area contributed by atoms with E-state index in [9.17, 15) is 31.9 Å². The van der Waals surface area contributed by atoms with Crippen LogP contribution in [0, 0.1) is 5.82 Å². The van der Waals surface area contributed by atoms with E-state index in [4.69, 9.17) is 5.73 Å². The second kappa shape index (κ2) is 9.95. The minimum absolute atomic E-state index is 0.0969. The lowest BCUT2D eigenvalue weighted by atomic mass is 10.0. The number of halogens is 4. The molecule has 0 unspecified atom stereocenters. The van der Waals surface area contributed by atoms with Gasteiger partial charge in [0.05, 0.1) is 17.2 Å². The van der Waals surface area contributed by atoms with E-state index < -0.39 is 41.0 Å². The number of benzene rings is 2. The van der Waals surface area contributed by atoms with Gasteiger partial charge in [0.15, 0.2) is 5.82 Å². The van der Waals surface area contributed by atoms with Crippen LogP contribution in [0.5, 0.6) is 0 Å². The first-order valence-corrected chi connectivity index (χ1v) is 10.4. The van der Waals surface area contributed by atoms with Crippen LogP contribution in [0.1, 0.15) is 51.9 Å². The summed E-state index contributed by atoms with van der Waals surface area (Å²) in [7, 11) is 0. The Morgan fingerprint density at radius 1 is 1.11 bits per heavy atom. The first kappa shape index (κ1) is 25.4. The smallest absolute Gasteiger partial charge is 0.399 e. The molecule has 0 spiro atoms. The van der Waals surface area contributed by atoms with E-state index in [1.54, 1.807) is 6.92 Å². The number of carbonyl (C=O) groups excluding carboxylic acids is 2. The van der Waals surface area contributed by atoms with Crippen LogP contribution in [-0.4, -0.2) is 28.1 Å². The molecular formula is C23H21F4N5O3. The van der Waals surface area contributed by atoms with Gasteiger partial charge in [0.1, 0.15) is 11.4 Å². The SMILES string of the molecule is CCNC(=O)c1cccc(-n2nc(C(=O)N[C@H](C)c3cc(N)cc(C(F)(F)F)c3)ccc2=O)c1F. The highest BCUT2D eigenvalue weighted by Crippen LogP contribution is 2.32. The topological polar surface area (TPSA) is 119 Å². The molecule has 0 aliphatic carbocycles. The number of hydrogen-bond acceptors (Lipinski definition) is 5. The summed E-state index contributed by atoms with van der Waals surface area (Å²) in [5.74, 6) is -2.54. The van der Waals surface area contributed by atoms with Crippen LogP contribution in [0.3, 0.4) is 0 Å². The molecule has 0 aliphatic rings. The van der Waals surface area contributed by atoms with E-state index in [1.165, 1.54) is 31.2 Å². The van der Waals surface area contributed by atoms with E-state index in [0.717, 1.165) is 24.3 Å². The third kappa shape index (κ3) is 5.65. The predicted octanol–water partition coefficient (Wildman–Crippen LogP) is 3.21. The van der Waals surface area contributed by atoms with Crippen molar-refractivity contribution >= 4 is 17.5 Å². The molecule has 0 bridgehead atoms. The fourth-order valence-corrected chi connectivity index (χ4v) is 3.26. The number of amides is 2. The highest BCUT2D eigenvalue weighted by atomic mass is 19.4. The Hall–Kier alpha value is -4.22. The number of nitrogens with one attached hydrogen (secondary N) is 2. The first-order valence-electron chi connectivity index (χ1n) is 10.4. The molecule has 3 rings (SSSR count). The number of aromatic nitrogens is 2. The minimum atomic E-state index is -4.63. The standard InChI is InChI=1S/C23H21F4N5O3/c1-3-29-21(34)16-5-4-6-18(20(16)24)32-19(33)8-7-17(31-32)22(35)30-12(2)13-9-14(23(25,26)27)11-15(28)10-13/h4-12H,3,28H2,1-2H3,(H,29,34)(H,30,35)/t12-/m1/s1. The Bertz CT molecular complexity index is 1340. The minimum Gasteiger partial charge on any atom is -0.399 e. The molecule has 0 saturated carbocycles. The molecule has 1 atom stereocenters. The van der Waals surface area contributed by atoms with Gasteiger partial charge in [-0.2, -0.15) is 23.0 Å². The van der Waals surface area contributed by atoms with E-state index >= 15 is 0 Å². The molecule has 8 nitrogen and oxygen atoms in total. The van der Waals surface area contributed by atoms with Crippen LogP contribution in [0.25, 0.3) is 5.69 Å². The van der Waals surface area contributed by atoms with Crippen molar-refractivity contribution in [1.82, 2.24) is 20.4 Å². The van der Waals surface area contributed by atoms with Crippen molar-refractivity contribution < 1.29 is 27.2 Å². The highest BCUT2D eigenvalue weighted by molar-refractivity contribution is 5.95. The number of alkyl halides is 3. The third-order valence-corrected chi connectivity index (χ3v) is 4.97. The Balaban J connectivity index is 1.92. The zero-order valence-corrected chi connectivity index (χ0v) is 18.6. The molecule has 2 aromatic carbocycles. The van der Waals surface area contributed by atoms with Crippen molar-refractivity contribution in [2.75, 3.05) is 12.3 Å². The fraction of sp³-hybridized carbons (Fsp3) is 0.217. The zero-order valence-electron chi connectivity index (χ0n) is 18.6. The van der Waals surface area contributed by atoms with Gasteiger partial charge in [0.25, 0.3) is 17.4 Å². The van der Waals surface area contributed by atoms with Crippen molar-refractivity contribution in [2.24, 2.45) is 0 Å². The largest absolute Gasteiger partial charge is 0.416 e. The normalized spacial score (nSPS) is 12.2. The number of rotatable bonds is 6. The summed E-state index contributed by atoms with van der Waals surface area (Å²) >= 11 is 0. The molecule has 184 valence electrons. The number of nitrogens with zero attached hydrogens (tertiary/aromatic N) is 2. The molecule has 12 heteroatoms. The number of anilines is 1. The lowest BCUT2D eigenvalue weighted by Gasteiger charge is -2.17. The zero-order chi connectivity index (χ0) is 25.9. The Kier molecular flexibility index (Phi) is 7.22. The van der Waals surface area contributed by atoms with Gasteiger partial charge < -0.3 is 16.4 Å². The van der Waals surface area contributed by atoms with E-state index in [1.807, 2.05) is 0 Å². The summed E-state index contributed by atoms with van der Waals surface area (Å²) < 4.78 is 54.9. The quantitative estimate of drug-likeness (QED) is 0.362. The average molecular weight is 491 g/mol. The fourth-order valence-electron chi connectivity index (χ4n) is 3.26. The molecule has 3 aromatic rings. The van der Waals surface area contributed by atoms with Gasteiger partial charge in [-0.1, -0.05) is 6.07 Å². The van der Waals surface area contributed by atoms with Crippen LogP contribution in [0.2, 0.25) is 0 Å². The number of nitrogens with two attached hydrogens (primary N) is 1. The van der Waals surface area contributed by atoms with E-state index in [2.05, 4.69) is 15.7 Å². The molecule has 0 fully saturated rings. The van der Waals surface area contributed by atoms with Crippen LogP contribution in [-0.2, 0) is 6.18 Å². The van der Waals surface area contributed by atoms with E-state index in [0.29, 0.717) is 4.68 Å². The van der Waals surface area contributed by atoms with Crippen molar-refractivity contribution in [2.45, 2.75) is 26.1 Å². The molecule has 4 N–H and O–H groups in total. The van der Waals surface area contributed by atoms with Gasteiger partial charge >= 0.3 is 6.18 Å². The molecule has 0 saturated heterocycles. The first-order chi connectivity index (χ1) is 16.4. The van der Waals surface area contributed by atoms with Crippen molar-refractivity contribution in [1.29, 1.82) is 0 Å². The third-order valence-electron chi connectivity index (χ3n) is 4.97. The molecule has 0 radical (unpaired) electrons. The molecule has 35 heavy (non-hydrogen) atoms. The maximum Gasteiger partial charge on any atom is 0.416 e. The van der Waals surface area contributed by atoms with E-state index in [-0.39, 0.29) is 34.7 Å². The summed E-state index contributed by atoms with van der Waals surface area (Å²) in [6.45, 7) is 3.35. The second-order valence-electron chi connectivity index (χ2n) is 7.55. The second-order valence-corrected chi connectivity index (χ2v) is 7.55. The summed E-state index contributed by atoms with van der Waals surface area (Å²) in [6.07, 6.45) is -4.63. The summed E-state index contributed by atoms with van der Waals surface area (Å²) in [5, 5.41) is 8.82. The van der Waals surface area contributed by atoms with Gasteiger partial charge in [0, 0.05) is 18.3 Å². The summed E-state index contributed by atoms with van der Waals surface area (Å²) in [6, 6.07) is 7.88. The highest BCUT2D eigenvalue weighted by Gasteiger charge is 2.31. The summed E-state index contributed by atoms with van der Waals surface area (Å²) in [4.78, 5) is 37.2. The molecular weight excluding hydrogens is 470 g/mol. The van der Waals surface area contributed by atoms with Crippen molar-refractivity contribution in [3.05, 3.63) is 87.1 Å². The Labute approximate surface area is 196 Å². The molecule has 1 heterocycles. The van der Waals surface area contributed by atoms with Crippen LogP contribution in [0.4, 0.5) is 23.2 Å². The Morgan fingerprint density at radius 2 is 1.83 bits per heavy atom. The Morgan fingerprint density at radius 3 is 2.49 bits per heavy atom. The molecule has 1 aromatic heterocycles. The van der Waals surface area contributed by atoms with Gasteiger partial charge in [-0.3, -0.25) is 14.4 Å². The maximum absolute atomic E-state index is 15.0. The number of carbonyl (C=O) groups is 2. The summed E-state index contributed by atoms with van der Waals surface area (Å²) in [5.41, 5.74) is 2.82. The van der Waals surface area contributed by atoms with Crippen molar-refractivity contribution in [3.8, 4) is 5.69 Å². The monoisotopic (exact) mass is 491 g/mol. The van der Waals surface area contributed by atoms with Crippen molar-refractivity contribution in [3.63, 3.8) is 0 Å². The van der Waals surface area contributed by atoms with Gasteiger partial charge in [-0.25, -0.2) is 4.39 Å². The number of nitrogen functional groups attached to an aromatic ring is 1. The van der Waals surface area contributed by atoms with Gasteiger partial charge in [0.2, 0.25) is 0 Å². The van der Waals surface area contributed by atoms with Crippen LogP contribution in [0.15, 0.2) is 53.3 Å².